The molecule has 0 aliphatic heterocycles. The molecule has 1 aromatic heterocycles. The summed E-state index contributed by atoms with van der Waals surface area (Å²) in [6.07, 6.45) is -0.513. The van der Waals surface area contributed by atoms with E-state index in [-0.39, 0.29) is 6.04 Å². The highest BCUT2D eigenvalue weighted by Crippen LogP contribution is 2.13. The number of nitrogens with one attached hydrogen (secondary N) is 1. The summed E-state index contributed by atoms with van der Waals surface area (Å²) in [6.45, 7) is 7.47. The van der Waals surface area contributed by atoms with Crippen LogP contribution in [0.1, 0.15) is 38.2 Å². The van der Waals surface area contributed by atoms with Crippen molar-refractivity contribution in [2.24, 2.45) is 0 Å². The van der Waals surface area contributed by atoms with Gasteiger partial charge in [-0.25, -0.2) is 9.59 Å². The van der Waals surface area contributed by atoms with Gasteiger partial charge in [0, 0.05) is 12.1 Å². The van der Waals surface area contributed by atoms with Gasteiger partial charge in [0.2, 0.25) is 0 Å². The second kappa shape index (κ2) is 6.93. The lowest BCUT2D eigenvalue weighted by Crippen LogP contribution is -2.40. The summed E-state index contributed by atoms with van der Waals surface area (Å²) in [5, 5.41) is 6.83. The van der Waals surface area contributed by atoms with Gasteiger partial charge >= 0.3 is 12.1 Å². The molecule has 0 saturated heterocycles. The first-order chi connectivity index (χ1) is 9.62. The van der Waals surface area contributed by atoms with E-state index in [0.717, 1.165) is 0 Å². The van der Waals surface area contributed by atoms with Crippen LogP contribution in [-0.2, 0) is 16.0 Å². The molecule has 1 atom stereocenters. The first kappa shape index (κ1) is 17.5. The summed E-state index contributed by atoms with van der Waals surface area (Å²) in [6, 6.07) is 1.29. The number of rotatable bonds is 4. The van der Waals surface area contributed by atoms with Crippen LogP contribution in [-0.4, -0.2) is 40.6 Å². The number of ether oxygens (including phenoxy) is 2. The molecule has 0 fully saturated rings. The van der Waals surface area contributed by atoms with Crippen molar-refractivity contribution in [3.63, 3.8) is 0 Å². The Balaban J connectivity index is 2.69. The summed E-state index contributed by atoms with van der Waals surface area (Å²) in [5.41, 5.74) is -0.252. The Bertz CT molecular complexity index is 522. The minimum atomic E-state index is -0.560. The maximum absolute atomic E-state index is 11.7. The summed E-state index contributed by atoms with van der Waals surface area (Å²) in [7, 11) is 1.30. The van der Waals surface area contributed by atoms with Gasteiger partial charge in [-0.15, -0.1) is 0 Å². The van der Waals surface area contributed by atoms with E-state index in [1.165, 1.54) is 11.8 Å². The van der Waals surface area contributed by atoms with Crippen molar-refractivity contribution in [2.45, 2.75) is 45.9 Å². The summed E-state index contributed by atoms with van der Waals surface area (Å²) in [4.78, 5) is 23.3. The van der Waals surface area contributed by atoms with Crippen molar-refractivity contribution in [3.8, 4) is 0 Å². The first-order valence-electron chi connectivity index (χ1n) is 6.43. The Hall–Kier alpha value is -1.57. The van der Waals surface area contributed by atoms with Crippen molar-refractivity contribution in [2.75, 3.05) is 7.11 Å². The molecule has 8 heteroatoms. The van der Waals surface area contributed by atoms with Gasteiger partial charge < -0.3 is 14.8 Å². The molecule has 21 heavy (non-hydrogen) atoms. The number of amides is 1. The molecule has 1 aromatic rings. The zero-order valence-electron chi connectivity index (χ0n) is 12.8. The lowest BCUT2D eigenvalue weighted by molar-refractivity contribution is 0.0503. The van der Waals surface area contributed by atoms with E-state index in [0.29, 0.717) is 16.8 Å². The topological polar surface area (TPSA) is 82.5 Å². The average Bonchev–Trinajstić information content (AvgIpc) is 2.66. The molecule has 1 heterocycles. The van der Waals surface area contributed by atoms with Gasteiger partial charge in [-0.3, -0.25) is 4.68 Å². The third kappa shape index (κ3) is 5.74. The fraction of sp³-hybridized carbons (Fsp3) is 0.615. The van der Waals surface area contributed by atoms with Crippen LogP contribution < -0.4 is 5.32 Å². The highest BCUT2D eigenvalue weighted by molar-refractivity contribution is 9.10. The lowest BCUT2D eigenvalue weighted by Gasteiger charge is -2.22. The van der Waals surface area contributed by atoms with Crippen LogP contribution in [0.25, 0.3) is 0 Å². The van der Waals surface area contributed by atoms with Gasteiger partial charge in [0.15, 0.2) is 0 Å². The Morgan fingerprint density at radius 1 is 1.48 bits per heavy atom. The number of aromatic nitrogens is 2. The van der Waals surface area contributed by atoms with E-state index < -0.39 is 17.7 Å². The van der Waals surface area contributed by atoms with E-state index in [1.807, 2.05) is 0 Å². The molecule has 1 N–H and O–H groups in total. The largest absolute Gasteiger partial charge is 0.464 e. The summed E-state index contributed by atoms with van der Waals surface area (Å²) >= 11 is 3.21. The van der Waals surface area contributed by atoms with Crippen molar-refractivity contribution in [3.05, 3.63) is 16.4 Å². The standard InChI is InChI=1S/C13H20BrN3O4/c1-8(15-12(19)21-13(2,3)4)7-17-9(11(18)20-5)6-10(14)16-17/h6,8H,7H2,1-5H3,(H,15,19). The number of alkyl carbamates (subject to hydrolysis) is 1. The van der Waals surface area contributed by atoms with Crippen LogP contribution in [0, 0.1) is 0 Å². The summed E-state index contributed by atoms with van der Waals surface area (Å²) < 4.78 is 11.8. The van der Waals surface area contributed by atoms with Crippen LogP contribution in [0.4, 0.5) is 4.79 Å². The third-order valence-electron chi connectivity index (χ3n) is 2.35. The van der Waals surface area contributed by atoms with Crippen LogP contribution in [0.5, 0.6) is 0 Å². The van der Waals surface area contributed by atoms with Crippen molar-refractivity contribution in [1.29, 1.82) is 0 Å². The van der Waals surface area contributed by atoms with E-state index >= 15 is 0 Å². The van der Waals surface area contributed by atoms with Gasteiger partial charge in [0.1, 0.15) is 15.9 Å². The van der Waals surface area contributed by atoms with E-state index in [9.17, 15) is 9.59 Å². The molecule has 0 radical (unpaired) electrons. The predicted molar refractivity (Wildman–Crippen MR) is 80.1 cm³/mol. The average molecular weight is 362 g/mol. The third-order valence-corrected chi connectivity index (χ3v) is 2.74. The fourth-order valence-corrected chi connectivity index (χ4v) is 2.02. The second-order valence-corrected chi connectivity index (χ2v) is 6.39. The molecule has 0 bridgehead atoms. The van der Waals surface area contributed by atoms with E-state index in [4.69, 9.17) is 4.74 Å². The zero-order valence-corrected chi connectivity index (χ0v) is 14.4. The molecule has 0 spiro atoms. The molecular weight excluding hydrogens is 342 g/mol. The molecule has 118 valence electrons. The number of carbonyl (C=O) groups is 2. The molecule has 0 aromatic carbocycles. The fourth-order valence-electron chi connectivity index (χ4n) is 1.61. The lowest BCUT2D eigenvalue weighted by atomic mass is 10.2. The van der Waals surface area contributed by atoms with Crippen LogP contribution in [0.3, 0.4) is 0 Å². The van der Waals surface area contributed by atoms with Crippen molar-refractivity contribution in [1.82, 2.24) is 15.1 Å². The number of hydrogen-bond acceptors (Lipinski definition) is 5. The number of carbonyl (C=O) groups excluding carboxylic acids is 2. The van der Waals surface area contributed by atoms with Crippen LogP contribution >= 0.6 is 15.9 Å². The molecule has 7 nitrogen and oxygen atoms in total. The highest BCUT2D eigenvalue weighted by atomic mass is 79.9. The minimum Gasteiger partial charge on any atom is -0.464 e. The number of halogens is 1. The van der Waals surface area contributed by atoms with Crippen LogP contribution in [0.2, 0.25) is 0 Å². The van der Waals surface area contributed by atoms with Gasteiger partial charge in [0.25, 0.3) is 0 Å². The first-order valence-corrected chi connectivity index (χ1v) is 7.23. The molecule has 1 rings (SSSR count). The predicted octanol–water partition coefficient (Wildman–Crippen LogP) is 2.35. The van der Waals surface area contributed by atoms with Crippen molar-refractivity contribution >= 4 is 28.0 Å². The number of methoxy groups -OCH3 is 1. The Kier molecular flexibility index (Phi) is 5.77. The monoisotopic (exact) mass is 361 g/mol. The Morgan fingerprint density at radius 2 is 2.10 bits per heavy atom. The Labute approximate surface area is 132 Å². The SMILES string of the molecule is COC(=O)c1cc(Br)nn1CC(C)NC(=O)OC(C)(C)C. The van der Waals surface area contributed by atoms with E-state index in [2.05, 4.69) is 31.1 Å². The van der Waals surface area contributed by atoms with Gasteiger partial charge in [0.05, 0.1) is 13.7 Å². The van der Waals surface area contributed by atoms with Crippen LogP contribution in [0.15, 0.2) is 10.7 Å². The van der Waals surface area contributed by atoms with E-state index in [1.54, 1.807) is 33.8 Å². The molecule has 1 amide bonds. The molecule has 0 aliphatic rings. The maximum atomic E-state index is 11.7. The molecule has 0 aliphatic carbocycles. The highest BCUT2D eigenvalue weighted by Gasteiger charge is 2.20. The second-order valence-electron chi connectivity index (χ2n) is 5.57. The van der Waals surface area contributed by atoms with Gasteiger partial charge in [-0.2, -0.15) is 5.10 Å². The quantitative estimate of drug-likeness (QED) is 0.832. The molecular formula is C13H20BrN3O4. The zero-order chi connectivity index (χ0) is 16.2. The number of esters is 1. The smallest absolute Gasteiger partial charge is 0.407 e. The normalized spacial score (nSPS) is 12.7. The maximum Gasteiger partial charge on any atom is 0.407 e. The number of nitrogens with zero attached hydrogens (tertiary/aromatic N) is 2. The van der Waals surface area contributed by atoms with Gasteiger partial charge in [-0.1, -0.05) is 0 Å². The van der Waals surface area contributed by atoms with Gasteiger partial charge in [-0.05, 0) is 43.6 Å². The molecule has 0 saturated carbocycles. The summed E-state index contributed by atoms with van der Waals surface area (Å²) in [5.74, 6) is -0.488. The minimum absolute atomic E-state index is 0.268. The Morgan fingerprint density at radius 3 is 2.62 bits per heavy atom. The molecule has 1 unspecified atom stereocenters. The van der Waals surface area contributed by atoms with Crippen molar-refractivity contribution < 1.29 is 19.1 Å². The number of hydrogen-bond donors (Lipinski definition) is 1.